The third kappa shape index (κ3) is 4.88. The minimum absolute atomic E-state index is 0.0543. The Bertz CT molecular complexity index is 760. The molecule has 0 radical (unpaired) electrons. The van der Waals surface area contributed by atoms with Crippen LogP contribution in [0, 0.1) is 0 Å². The Kier molecular flexibility index (Phi) is 6.19. The summed E-state index contributed by atoms with van der Waals surface area (Å²) in [7, 11) is 0. The summed E-state index contributed by atoms with van der Waals surface area (Å²) in [6.07, 6.45) is 3.91. The molecule has 0 bridgehead atoms. The van der Waals surface area contributed by atoms with E-state index in [9.17, 15) is 4.79 Å². The molecule has 2 aliphatic rings. The number of morpholine rings is 1. The molecule has 2 saturated heterocycles. The zero-order chi connectivity index (χ0) is 19.2. The maximum atomic E-state index is 12.6. The van der Waals surface area contributed by atoms with Crippen molar-refractivity contribution in [2.75, 3.05) is 37.7 Å². The van der Waals surface area contributed by atoms with Crippen LogP contribution in [0.2, 0.25) is 0 Å². The minimum Gasteiger partial charge on any atom is -0.366 e. The fraction of sp³-hybridized carbons (Fsp3) is 0.455. The van der Waals surface area contributed by atoms with Crippen LogP contribution in [0.15, 0.2) is 48.7 Å². The van der Waals surface area contributed by atoms with Gasteiger partial charge in [0.05, 0.1) is 6.61 Å². The van der Waals surface area contributed by atoms with Gasteiger partial charge < -0.3 is 15.0 Å². The molecule has 0 saturated carbocycles. The third-order valence-corrected chi connectivity index (χ3v) is 5.40. The smallest absolute Gasteiger partial charge is 0.250 e. The van der Waals surface area contributed by atoms with Crippen LogP contribution < -0.4 is 10.2 Å². The fourth-order valence-corrected chi connectivity index (χ4v) is 3.80. The SMILES string of the molecule is O=C(NCc1ccc(N2CCCC2)nc1)C1CN(Cc2ccccc2)CCO1. The van der Waals surface area contributed by atoms with Crippen molar-refractivity contribution in [3.8, 4) is 0 Å². The third-order valence-electron chi connectivity index (χ3n) is 5.40. The predicted octanol–water partition coefficient (Wildman–Crippen LogP) is 2.20. The Labute approximate surface area is 166 Å². The van der Waals surface area contributed by atoms with Gasteiger partial charge in [-0.05, 0) is 30.0 Å². The Balaban J connectivity index is 1.26. The van der Waals surface area contributed by atoms with Crippen LogP contribution >= 0.6 is 0 Å². The summed E-state index contributed by atoms with van der Waals surface area (Å²) in [5, 5.41) is 3.00. The van der Waals surface area contributed by atoms with E-state index >= 15 is 0 Å². The maximum absolute atomic E-state index is 12.6. The number of hydrogen-bond acceptors (Lipinski definition) is 5. The first-order chi connectivity index (χ1) is 13.8. The quantitative estimate of drug-likeness (QED) is 0.833. The summed E-state index contributed by atoms with van der Waals surface area (Å²) in [5.41, 5.74) is 2.26. The molecule has 6 heteroatoms. The molecule has 2 aromatic rings. The number of rotatable bonds is 6. The molecule has 4 rings (SSSR count). The summed E-state index contributed by atoms with van der Waals surface area (Å²) in [5.74, 6) is 0.973. The molecule has 2 aliphatic heterocycles. The summed E-state index contributed by atoms with van der Waals surface area (Å²) in [4.78, 5) is 21.7. The van der Waals surface area contributed by atoms with E-state index in [0.717, 1.165) is 37.6 Å². The van der Waals surface area contributed by atoms with Gasteiger partial charge in [-0.25, -0.2) is 4.98 Å². The highest BCUT2D eigenvalue weighted by Crippen LogP contribution is 2.17. The van der Waals surface area contributed by atoms with Gasteiger partial charge in [-0.3, -0.25) is 9.69 Å². The van der Waals surface area contributed by atoms with Gasteiger partial charge in [0.15, 0.2) is 0 Å². The van der Waals surface area contributed by atoms with Gasteiger partial charge in [-0.1, -0.05) is 36.4 Å². The summed E-state index contributed by atoms with van der Waals surface area (Å²) < 4.78 is 5.71. The molecule has 0 aliphatic carbocycles. The van der Waals surface area contributed by atoms with Crippen LogP contribution in [0.5, 0.6) is 0 Å². The molecule has 6 nitrogen and oxygen atoms in total. The van der Waals surface area contributed by atoms with E-state index in [1.54, 1.807) is 0 Å². The topological polar surface area (TPSA) is 57.7 Å². The first kappa shape index (κ1) is 18.9. The van der Waals surface area contributed by atoms with Gasteiger partial charge in [-0.2, -0.15) is 0 Å². The molecule has 148 valence electrons. The molecule has 3 heterocycles. The second kappa shape index (κ2) is 9.17. The monoisotopic (exact) mass is 380 g/mol. The van der Waals surface area contributed by atoms with Crippen molar-refractivity contribution in [2.45, 2.75) is 32.0 Å². The number of amides is 1. The molecule has 1 unspecified atom stereocenters. The number of anilines is 1. The Morgan fingerprint density at radius 1 is 1.07 bits per heavy atom. The Morgan fingerprint density at radius 2 is 1.89 bits per heavy atom. The van der Waals surface area contributed by atoms with E-state index in [0.29, 0.717) is 19.7 Å². The van der Waals surface area contributed by atoms with Crippen molar-refractivity contribution in [3.05, 3.63) is 59.8 Å². The average molecular weight is 380 g/mol. The summed E-state index contributed by atoms with van der Waals surface area (Å²) in [6.45, 7) is 5.54. The number of aromatic nitrogens is 1. The number of ether oxygens (including phenoxy) is 1. The highest BCUT2D eigenvalue weighted by molar-refractivity contribution is 5.81. The highest BCUT2D eigenvalue weighted by atomic mass is 16.5. The number of benzene rings is 1. The minimum atomic E-state index is -0.422. The normalized spacial score (nSPS) is 20.3. The lowest BCUT2D eigenvalue weighted by molar-refractivity contribution is -0.139. The number of hydrogen-bond donors (Lipinski definition) is 1. The van der Waals surface area contributed by atoms with Gasteiger partial charge in [0, 0.05) is 45.5 Å². The van der Waals surface area contributed by atoms with Gasteiger partial charge in [-0.15, -0.1) is 0 Å². The van der Waals surface area contributed by atoms with Crippen LogP contribution in [0.1, 0.15) is 24.0 Å². The Morgan fingerprint density at radius 3 is 2.64 bits per heavy atom. The first-order valence-corrected chi connectivity index (χ1v) is 10.1. The van der Waals surface area contributed by atoms with Gasteiger partial charge in [0.25, 0.3) is 5.91 Å². The van der Waals surface area contributed by atoms with Crippen molar-refractivity contribution in [3.63, 3.8) is 0 Å². The van der Waals surface area contributed by atoms with E-state index < -0.39 is 6.10 Å². The molecule has 1 atom stereocenters. The molecule has 1 aromatic carbocycles. The van der Waals surface area contributed by atoms with Crippen molar-refractivity contribution >= 4 is 11.7 Å². The zero-order valence-corrected chi connectivity index (χ0v) is 16.2. The lowest BCUT2D eigenvalue weighted by atomic mass is 10.2. The van der Waals surface area contributed by atoms with E-state index in [2.05, 4.69) is 32.2 Å². The van der Waals surface area contributed by atoms with E-state index in [-0.39, 0.29) is 5.91 Å². The van der Waals surface area contributed by atoms with E-state index in [1.807, 2.05) is 36.5 Å². The fourth-order valence-electron chi connectivity index (χ4n) is 3.80. The van der Waals surface area contributed by atoms with Crippen LogP contribution in [-0.4, -0.2) is 54.7 Å². The number of nitrogens with one attached hydrogen (secondary N) is 1. The van der Waals surface area contributed by atoms with Gasteiger partial charge >= 0.3 is 0 Å². The summed E-state index contributed by atoms with van der Waals surface area (Å²) in [6, 6.07) is 14.4. The molecule has 1 aromatic heterocycles. The van der Waals surface area contributed by atoms with Crippen LogP contribution in [-0.2, 0) is 22.6 Å². The standard InChI is InChI=1S/C22H28N4O2/c27-22(20-17-25(12-13-28-20)16-18-6-2-1-3-7-18)24-15-19-8-9-21(23-14-19)26-10-4-5-11-26/h1-3,6-9,14,20H,4-5,10-13,15-17H2,(H,24,27). The zero-order valence-electron chi connectivity index (χ0n) is 16.2. The van der Waals surface area contributed by atoms with Crippen LogP contribution in [0.25, 0.3) is 0 Å². The number of nitrogens with zero attached hydrogens (tertiary/aromatic N) is 3. The highest BCUT2D eigenvalue weighted by Gasteiger charge is 2.26. The van der Waals surface area contributed by atoms with Crippen molar-refractivity contribution in [1.29, 1.82) is 0 Å². The summed E-state index contributed by atoms with van der Waals surface area (Å²) >= 11 is 0. The first-order valence-electron chi connectivity index (χ1n) is 10.1. The Hall–Kier alpha value is -2.44. The number of carbonyl (C=O) groups is 1. The molecule has 28 heavy (non-hydrogen) atoms. The van der Waals surface area contributed by atoms with E-state index in [1.165, 1.54) is 18.4 Å². The maximum Gasteiger partial charge on any atom is 0.250 e. The molecule has 1 N–H and O–H groups in total. The number of pyridine rings is 1. The molecule has 1 amide bonds. The van der Waals surface area contributed by atoms with Crippen LogP contribution in [0.4, 0.5) is 5.82 Å². The van der Waals surface area contributed by atoms with Crippen LogP contribution in [0.3, 0.4) is 0 Å². The van der Waals surface area contributed by atoms with Crippen molar-refractivity contribution < 1.29 is 9.53 Å². The van der Waals surface area contributed by atoms with Crippen molar-refractivity contribution in [1.82, 2.24) is 15.2 Å². The van der Waals surface area contributed by atoms with Crippen molar-refractivity contribution in [2.24, 2.45) is 0 Å². The van der Waals surface area contributed by atoms with Gasteiger partial charge in [0.1, 0.15) is 11.9 Å². The average Bonchev–Trinajstić information content (AvgIpc) is 3.28. The molecule has 2 fully saturated rings. The predicted molar refractivity (Wildman–Crippen MR) is 109 cm³/mol. The lowest BCUT2D eigenvalue weighted by Crippen LogP contribution is -2.49. The number of carbonyl (C=O) groups excluding carboxylic acids is 1. The molecule has 0 spiro atoms. The van der Waals surface area contributed by atoms with E-state index in [4.69, 9.17) is 4.74 Å². The second-order valence-corrected chi connectivity index (χ2v) is 7.52. The van der Waals surface area contributed by atoms with Gasteiger partial charge in [0.2, 0.25) is 0 Å². The largest absolute Gasteiger partial charge is 0.366 e. The second-order valence-electron chi connectivity index (χ2n) is 7.52. The molecular weight excluding hydrogens is 352 g/mol. The molecular formula is C22H28N4O2. The lowest BCUT2D eigenvalue weighted by Gasteiger charge is -2.32.